The van der Waals surface area contributed by atoms with E-state index in [0.29, 0.717) is 63.3 Å². The average Bonchev–Trinajstić information content (AvgIpc) is 3.07. The van der Waals surface area contributed by atoms with E-state index in [2.05, 4.69) is 22.5 Å². The highest BCUT2D eigenvalue weighted by Crippen LogP contribution is 2.28. The van der Waals surface area contributed by atoms with Gasteiger partial charge >= 0.3 is 6.03 Å². The molecule has 0 spiro atoms. The van der Waals surface area contributed by atoms with Gasteiger partial charge in [0.15, 0.2) is 0 Å². The highest BCUT2D eigenvalue weighted by atomic mass is 32.2. The Morgan fingerprint density at radius 3 is 2.29 bits per heavy atom. The van der Waals surface area contributed by atoms with Crippen LogP contribution < -0.4 is 21.1 Å². The molecule has 2 fully saturated rings. The van der Waals surface area contributed by atoms with E-state index in [1.165, 1.54) is 4.31 Å². The number of halogens is 2. The molecule has 0 saturated carbocycles. The van der Waals surface area contributed by atoms with Crippen molar-refractivity contribution in [3.8, 4) is 11.5 Å². The van der Waals surface area contributed by atoms with Gasteiger partial charge in [-0.25, -0.2) is 22.0 Å². The predicted molar refractivity (Wildman–Crippen MR) is 176 cm³/mol. The minimum absolute atomic E-state index is 0.159. The molecule has 48 heavy (non-hydrogen) atoms. The summed E-state index contributed by atoms with van der Waals surface area (Å²) in [4.78, 5) is 26.8. The number of nitrogens with two attached hydrogens (primary N) is 1. The first-order chi connectivity index (χ1) is 23.0. The number of unbranched alkanes of at least 4 members (excludes halogenated alkanes) is 1. The summed E-state index contributed by atoms with van der Waals surface area (Å²) in [5, 5.41) is 5.27. The Morgan fingerprint density at radius 2 is 1.65 bits per heavy atom. The summed E-state index contributed by atoms with van der Waals surface area (Å²) < 4.78 is 66.5. The standard InChI is InChI=1S/C34H41F2N5O6S/c1-2-3-4-25-19-24(38-34(43)39-32-20-29(33(37)42)30(35)21-31(32)36)13-14-40(25)22-23-5-7-26(8-6-23)47-27-9-11-28(12-10-27)48(44,45)41-15-17-46-18-16-41/h5-12,20-21,24-25H,2-4,13-19,22H2,1H3,(H2,37,42)(H2,38,39,43). The van der Waals surface area contributed by atoms with Crippen LogP contribution in [-0.2, 0) is 21.3 Å². The van der Waals surface area contributed by atoms with Crippen LogP contribution in [0.3, 0.4) is 0 Å². The number of nitrogens with one attached hydrogen (secondary N) is 2. The average molecular weight is 686 g/mol. The van der Waals surface area contributed by atoms with Crippen LogP contribution in [0.4, 0.5) is 19.3 Å². The first-order valence-corrected chi connectivity index (χ1v) is 17.5. The number of sulfonamides is 1. The lowest BCUT2D eigenvalue weighted by Crippen LogP contribution is -2.50. The second-order valence-corrected chi connectivity index (χ2v) is 13.9. The number of hydrogen-bond acceptors (Lipinski definition) is 7. The van der Waals surface area contributed by atoms with Gasteiger partial charge in [0.25, 0.3) is 5.91 Å². The molecular weight excluding hydrogens is 644 g/mol. The zero-order valence-corrected chi connectivity index (χ0v) is 27.6. The molecule has 3 aromatic rings. The van der Waals surface area contributed by atoms with Gasteiger partial charge < -0.3 is 25.8 Å². The molecule has 11 nitrogen and oxygen atoms in total. The van der Waals surface area contributed by atoms with E-state index < -0.39 is 39.2 Å². The number of benzene rings is 3. The lowest BCUT2D eigenvalue weighted by molar-refractivity contribution is 0.0730. The zero-order valence-electron chi connectivity index (χ0n) is 26.8. The van der Waals surface area contributed by atoms with Gasteiger partial charge in [0.05, 0.1) is 29.4 Å². The normalized spacial score (nSPS) is 19.1. The van der Waals surface area contributed by atoms with Gasteiger partial charge in [-0.3, -0.25) is 9.69 Å². The number of likely N-dealkylation sites (tertiary alicyclic amines) is 1. The number of nitrogens with zero attached hydrogens (tertiary/aromatic N) is 2. The highest BCUT2D eigenvalue weighted by Gasteiger charge is 2.30. The molecule has 2 saturated heterocycles. The third-order valence-electron chi connectivity index (χ3n) is 8.61. The Labute approximate surface area is 279 Å². The Balaban J connectivity index is 1.15. The fourth-order valence-corrected chi connectivity index (χ4v) is 7.41. The molecule has 2 aliphatic rings. The van der Waals surface area contributed by atoms with Crippen molar-refractivity contribution in [2.45, 2.75) is 62.6 Å². The SMILES string of the molecule is CCCCC1CC(NC(=O)Nc2cc(C(N)=O)c(F)cc2F)CCN1Cc1ccc(Oc2ccc(S(=O)(=O)N3CCOCC3)cc2)cc1. The summed E-state index contributed by atoms with van der Waals surface area (Å²) in [7, 11) is -3.58. The topological polar surface area (TPSA) is 143 Å². The van der Waals surface area contributed by atoms with Crippen LogP contribution in [0.1, 0.15) is 54.9 Å². The lowest BCUT2D eigenvalue weighted by atomic mass is 9.93. The largest absolute Gasteiger partial charge is 0.457 e. The molecule has 0 aromatic heterocycles. The van der Waals surface area contributed by atoms with Crippen molar-refractivity contribution in [3.05, 3.63) is 83.4 Å². The third-order valence-corrected chi connectivity index (χ3v) is 10.5. The number of carbonyl (C=O) groups is 2. The number of hydrogen-bond donors (Lipinski definition) is 3. The summed E-state index contributed by atoms with van der Waals surface area (Å²) in [6.07, 6.45) is 4.37. The van der Waals surface area contributed by atoms with E-state index in [0.717, 1.165) is 37.4 Å². The monoisotopic (exact) mass is 685 g/mol. The minimum Gasteiger partial charge on any atom is -0.457 e. The maximum absolute atomic E-state index is 14.3. The third kappa shape index (κ3) is 8.86. The summed E-state index contributed by atoms with van der Waals surface area (Å²) in [5.74, 6) is -2.01. The van der Waals surface area contributed by atoms with Crippen LogP contribution in [0.15, 0.2) is 65.6 Å². The number of amides is 3. The van der Waals surface area contributed by atoms with Crippen molar-refractivity contribution < 1.29 is 36.3 Å². The maximum atomic E-state index is 14.3. The molecule has 0 aliphatic carbocycles. The number of morpholine rings is 1. The van der Waals surface area contributed by atoms with Crippen molar-refractivity contribution in [3.63, 3.8) is 0 Å². The fraction of sp³-hybridized carbons (Fsp3) is 0.412. The molecule has 0 bridgehead atoms. The van der Waals surface area contributed by atoms with Crippen LogP contribution in [0.2, 0.25) is 0 Å². The quantitative estimate of drug-likeness (QED) is 0.237. The van der Waals surface area contributed by atoms with E-state index in [-0.39, 0.29) is 22.7 Å². The molecule has 5 rings (SSSR count). The smallest absolute Gasteiger partial charge is 0.319 e. The number of rotatable bonds is 12. The second kappa shape index (κ2) is 15.9. The van der Waals surface area contributed by atoms with Gasteiger partial charge in [-0.05, 0) is 67.3 Å². The van der Waals surface area contributed by atoms with Gasteiger partial charge in [0.1, 0.15) is 23.1 Å². The molecule has 2 unspecified atom stereocenters. The van der Waals surface area contributed by atoms with Gasteiger partial charge in [-0.1, -0.05) is 31.9 Å². The van der Waals surface area contributed by atoms with E-state index in [4.69, 9.17) is 15.2 Å². The van der Waals surface area contributed by atoms with Crippen molar-refractivity contribution in [2.24, 2.45) is 5.73 Å². The molecule has 4 N–H and O–H groups in total. The number of piperidine rings is 1. The lowest BCUT2D eigenvalue weighted by Gasteiger charge is -2.40. The van der Waals surface area contributed by atoms with E-state index in [1.807, 2.05) is 24.3 Å². The highest BCUT2D eigenvalue weighted by molar-refractivity contribution is 7.89. The van der Waals surface area contributed by atoms with Crippen LogP contribution in [-0.4, -0.2) is 74.5 Å². The van der Waals surface area contributed by atoms with Crippen molar-refractivity contribution >= 4 is 27.6 Å². The maximum Gasteiger partial charge on any atom is 0.319 e. The molecule has 2 aliphatic heterocycles. The number of ether oxygens (including phenoxy) is 2. The molecule has 0 radical (unpaired) electrons. The van der Waals surface area contributed by atoms with Gasteiger partial charge in [-0.15, -0.1) is 0 Å². The number of urea groups is 1. The molecule has 3 amide bonds. The Kier molecular flexibility index (Phi) is 11.6. The number of primary amides is 1. The summed E-state index contributed by atoms with van der Waals surface area (Å²) in [5.41, 5.74) is 5.41. The van der Waals surface area contributed by atoms with Crippen LogP contribution in [0.25, 0.3) is 0 Å². The number of anilines is 1. The first-order valence-electron chi connectivity index (χ1n) is 16.1. The Bertz CT molecular complexity index is 1690. The first kappa shape index (κ1) is 35.2. The van der Waals surface area contributed by atoms with Crippen LogP contribution in [0.5, 0.6) is 11.5 Å². The van der Waals surface area contributed by atoms with E-state index in [9.17, 15) is 26.8 Å². The van der Waals surface area contributed by atoms with Gasteiger partial charge in [0.2, 0.25) is 10.0 Å². The molecule has 14 heteroatoms. The summed E-state index contributed by atoms with van der Waals surface area (Å²) in [6.45, 7) is 5.00. The van der Waals surface area contributed by atoms with Crippen molar-refractivity contribution in [1.29, 1.82) is 0 Å². The van der Waals surface area contributed by atoms with Crippen LogP contribution >= 0.6 is 0 Å². The summed E-state index contributed by atoms with van der Waals surface area (Å²) in [6, 6.07) is 15.0. The van der Waals surface area contributed by atoms with Gasteiger partial charge in [-0.2, -0.15) is 4.31 Å². The molecule has 3 aromatic carbocycles. The van der Waals surface area contributed by atoms with Gasteiger partial charge in [0, 0.05) is 44.3 Å². The molecule has 2 heterocycles. The van der Waals surface area contributed by atoms with Crippen molar-refractivity contribution in [1.82, 2.24) is 14.5 Å². The Hall–Kier alpha value is -4.11. The fourth-order valence-electron chi connectivity index (χ4n) is 6.01. The van der Waals surface area contributed by atoms with Crippen molar-refractivity contribution in [2.75, 3.05) is 38.2 Å². The van der Waals surface area contributed by atoms with Crippen LogP contribution in [0, 0.1) is 11.6 Å². The molecule has 2 atom stereocenters. The number of carbonyl (C=O) groups excluding carboxylic acids is 2. The second-order valence-electron chi connectivity index (χ2n) is 12.0. The summed E-state index contributed by atoms with van der Waals surface area (Å²) >= 11 is 0. The molecule has 258 valence electrons. The minimum atomic E-state index is -3.58. The zero-order chi connectivity index (χ0) is 34.3. The Morgan fingerprint density at radius 1 is 0.979 bits per heavy atom. The van der Waals surface area contributed by atoms with E-state index >= 15 is 0 Å². The molecular formula is C34H41F2N5O6S. The predicted octanol–water partition coefficient (Wildman–Crippen LogP) is 5.22. The van der Waals surface area contributed by atoms with E-state index in [1.54, 1.807) is 24.3 Å².